The Balaban J connectivity index is 2.35. The lowest BCUT2D eigenvalue weighted by atomic mass is 10.2. The van der Waals surface area contributed by atoms with E-state index in [-0.39, 0.29) is 19.3 Å². The summed E-state index contributed by atoms with van der Waals surface area (Å²) >= 11 is 0. The maximum absolute atomic E-state index is 9.81. The fourth-order valence-corrected chi connectivity index (χ4v) is 1.59. The molecule has 0 fully saturated rings. The van der Waals surface area contributed by atoms with E-state index >= 15 is 0 Å². The van der Waals surface area contributed by atoms with Gasteiger partial charge in [0.2, 0.25) is 0 Å². The third-order valence-electron chi connectivity index (χ3n) is 2.66. The SMILES string of the molecule is CCC(O)c1cn(CC(O)COC(C)COC)nn1. The predicted octanol–water partition coefficient (Wildman–Crippen LogP) is 0.134. The largest absolute Gasteiger partial charge is 0.389 e. The molecule has 1 rings (SSSR count). The summed E-state index contributed by atoms with van der Waals surface area (Å²) in [7, 11) is 1.60. The highest BCUT2D eigenvalue weighted by Crippen LogP contribution is 2.12. The fraction of sp³-hybridized carbons (Fsp3) is 0.833. The van der Waals surface area contributed by atoms with Crippen molar-refractivity contribution in [3.63, 3.8) is 0 Å². The van der Waals surface area contributed by atoms with Gasteiger partial charge in [-0.05, 0) is 13.3 Å². The number of hydrogen-bond donors (Lipinski definition) is 2. The van der Waals surface area contributed by atoms with Crippen LogP contribution in [0.1, 0.15) is 32.1 Å². The highest BCUT2D eigenvalue weighted by Gasteiger charge is 2.13. The maximum Gasteiger partial charge on any atom is 0.111 e. The first-order valence-electron chi connectivity index (χ1n) is 6.43. The van der Waals surface area contributed by atoms with Crippen molar-refractivity contribution in [1.82, 2.24) is 15.0 Å². The van der Waals surface area contributed by atoms with Crippen molar-refractivity contribution >= 4 is 0 Å². The van der Waals surface area contributed by atoms with Gasteiger partial charge in [0, 0.05) is 7.11 Å². The first kappa shape index (κ1) is 16.0. The van der Waals surface area contributed by atoms with Crippen molar-refractivity contribution in [2.45, 2.75) is 45.1 Å². The minimum absolute atomic E-state index is 0.0622. The quantitative estimate of drug-likeness (QED) is 0.665. The second-order valence-electron chi connectivity index (χ2n) is 4.54. The smallest absolute Gasteiger partial charge is 0.111 e. The predicted molar refractivity (Wildman–Crippen MR) is 68.6 cm³/mol. The molecular weight excluding hydrogens is 250 g/mol. The van der Waals surface area contributed by atoms with E-state index in [0.717, 1.165) is 0 Å². The molecule has 110 valence electrons. The molecule has 19 heavy (non-hydrogen) atoms. The van der Waals surface area contributed by atoms with Crippen molar-refractivity contribution in [1.29, 1.82) is 0 Å². The maximum atomic E-state index is 9.81. The topological polar surface area (TPSA) is 89.6 Å². The Hall–Kier alpha value is -1.02. The summed E-state index contributed by atoms with van der Waals surface area (Å²) in [5.74, 6) is 0. The van der Waals surface area contributed by atoms with Gasteiger partial charge in [0.15, 0.2) is 0 Å². The van der Waals surface area contributed by atoms with Crippen LogP contribution in [0.2, 0.25) is 0 Å². The lowest BCUT2D eigenvalue weighted by Gasteiger charge is -2.15. The van der Waals surface area contributed by atoms with Crippen LogP contribution in [-0.4, -0.2) is 57.7 Å². The number of rotatable bonds is 9. The molecule has 0 radical (unpaired) electrons. The van der Waals surface area contributed by atoms with E-state index in [1.807, 2.05) is 13.8 Å². The van der Waals surface area contributed by atoms with E-state index in [4.69, 9.17) is 9.47 Å². The Morgan fingerprint density at radius 1 is 1.37 bits per heavy atom. The lowest BCUT2D eigenvalue weighted by molar-refractivity contribution is -0.0365. The van der Waals surface area contributed by atoms with E-state index in [0.29, 0.717) is 18.7 Å². The molecule has 0 aliphatic carbocycles. The van der Waals surface area contributed by atoms with E-state index in [2.05, 4.69) is 10.3 Å². The third-order valence-corrected chi connectivity index (χ3v) is 2.66. The van der Waals surface area contributed by atoms with Crippen LogP contribution in [0.25, 0.3) is 0 Å². The van der Waals surface area contributed by atoms with Crippen molar-refractivity contribution in [3.8, 4) is 0 Å². The van der Waals surface area contributed by atoms with Crippen LogP contribution in [0, 0.1) is 0 Å². The molecule has 0 aliphatic heterocycles. The molecule has 0 saturated carbocycles. The van der Waals surface area contributed by atoms with E-state index in [1.165, 1.54) is 4.68 Å². The normalized spacial score (nSPS) is 16.3. The number of ether oxygens (including phenoxy) is 2. The highest BCUT2D eigenvalue weighted by molar-refractivity contribution is 4.96. The summed E-state index contributed by atoms with van der Waals surface area (Å²) in [6.45, 7) is 4.72. The second kappa shape index (κ2) is 8.21. The number of aliphatic hydroxyl groups is 2. The molecule has 7 nitrogen and oxygen atoms in total. The van der Waals surface area contributed by atoms with Gasteiger partial charge in [-0.2, -0.15) is 0 Å². The van der Waals surface area contributed by atoms with Crippen LogP contribution in [0.3, 0.4) is 0 Å². The minimum atomic E-state index is -0.673. The summed E-state index contributed by atoms with van der Waals surface area (Å²) in [5.41, 5.74) is 0.517. The van der Waals surface area contributed by atoms with E-state index < -0.39 is 12.2 Å². The van der Waals surface area contributed by atoms with Crippen LogP contribution in [0.15, 0.2) is 6.20 Å². The summed E-state index contributed by atoms with van der Waals surface area (Å²) in [5, 5.41) is 27.1. The average molecular weight is 273 g/mol. The molecule has 0 saturated heterocycles. The molecule has 3 atom stereocenters. The van der Waals surface area contributed by atoms with Gasteiger partial charge in [-0.3, -0.25) is 0 Å². The Kier molecular flexibility index (Phi) is 6.93. The Morgan fingerprint density at radius 3 is 2.74 bits per heavy atom. The Bertz CT molecular complexity index is 358. The zero-order valence-electron chi connectivity index (χ0n) is 11.7. The molecular formula is C12H23N3O4. The van der Waals surface area contributed by atoms with Crippen LogP contribution in [-0.2, 0) is 16.0 Å². The summed E-state index contributed by atoms with van der Waals surface area (Å²) in [6, 6.07) is 0. The molecule has 1 aromatic rings. The van der Waals surface area contributed by atoms with E-state index in [9.17, 15) is 10.2 Å². The first-order valence-corrected chi connectivity index (χ1v) is 6.43. The zero-order valence-corrected chi connectivity index (χ0v) is 11.7. The van der Waals surface area contributed by atoms with Crippen LogP contribution in [0.4, 0.5) is 0 Å². The Labute approximate surface area is 113 Å². The summed E-state index contributed by atoms with van der Waals surface area (Å²) < 4.78 is 11.8. The van der Waals surface area contributed by atoms with Crippen molar-refractivity contribution < 1.29 is 19.7 Å². The highest BCUT2D eigenvalue weighted by atomic mass is 16.5. The number of nitrogens with zero attached hydrogens (tertiary/aromatic N) is 3. The van der Waals surface area contributed by atoms with E-state index in [1.54, 1.807) is 13.3 Å². The average Bonchev–Trinajstić information content (AvgIpc) is 2.84. The molecule has 3 unspecified atom stereocenters. The van der Waals surface area contributed by atoms with Crippen LogP contribution >= 0.6 is 0 Å². The van der Waals surface area contributed by atoms with Gasteiger partial charge in [-0.1, -0.05) is 12.1 Å². The van der Waals surface area contributed by atoms with Gasteiger partial charge in [0.25, 0.3) is 0 Å². The van der Waals surface area contributed by atoms with Gasteiger partial charge in [0.1, 0.15) is 5.69 Å². The second-order valence-corrected chi connectivity index (χ2v) is 4.54. The van der Waals surface area contributed by atoms with Crippen molar-refractivity contribution in [2.24, 2.45) is 0 Å². The number of methoxy groups -OCH3 is 1. The third kappa shape index (κ3) is 5.65. The lowest BCUT2D eigenvalue weighted by Crippen LogP contribution is -2.26. The van der Waals surface area contributed by atoms with Crippen LogP contribution < -0.4 is 0 Å². The van der Waals surface area contributed by atoms with Gasteiger partial charge in [-0.25, -0.2) is 4.68 Å². The van der Waals surface area contributed by atoms with Gasteiger partial charge < -0.3 is 19.7 Å². The Morgan fingerprint density at radius 2 is 2.11 bits per heavy atom. The molecule has 0 aromatic carbocycles. The van der Waals surface area contributed by atoms with Crippen molar-refractivity contribution in [3.05, 3.63) is 11.9 Å². The standard InChI is InChI=1S/C12H23N3O4/c1-4-12(17)11-6-15(14-13-11)5-10(16)8-19-9(2)7-18-3/h6,9-10,12,16-17H,4-5,7-8H2,1-3H3. The minimum Gasteiger partial charge on any atom is -0.389 e. The number of aliphatic hydroxyl groups excluding tert-OH is 2. The zero-order chi connectivity index (χ0) is 14.3. The van der Waals surface area contributed by atoms with Gasteiger partial charge >= 0.3 is 0 Å². The molecule has 0 spiro atoms. The van der Waals surface area contributed by atoms with Crippen molar-refractivity contribution in [2.75, 3.05) is 20.3 Å². The molecule has 7 heteroatoms. The first-order chi connectivity index (χ1) is 9.06. The van der Waals surface area contributed by atoms with Gasteiger partial charge in [-0.15, -0.1) is 5.10 Å². The summed E-state index contributed by atoms with van der Waals surface area (Å²) in [6.07, 6.45) is 0.874. The number of hydrogen-bond acceptors (Lipinski definition) is 6. The van der Waals surface area contributed by atoms with Gasteiger partial charge in [0.05, 0.1) is 44.3 Å². The fourth-order valence-electron chi connectivity index (χ4n) is 1.59. The summed E-state index contributed by atoms with van der Waals surface area (Å²) in [4.78, 5) is 0. The van der Waals surface area contributed by atoms with Crippen LogP contribution in [0.5, 0.6) is 0 Å². The molecule has 1 aromatic heterocycles. The number of aromatic nitrogens is 3. The monoisotopic (exact) mass is 273 g/mol. The molecule has 0 bridgehead atoms. The molecule has 0 amide bonds. The molecule has 0 aliphatic rings. The molecule has 2 N–H and O–H groups in total. The molecule has 1 heterocycles.